The second-order valence-corrected chi connectivity index (χ2v) is 4.49. The molecule has 0 aliphatic rings. The average molecular weight is 324 g/mol. The van der Waals surface area contributed by atoms with Crippen molar-refractivity contribution >= 4 is 27.7 Å². The van der Waals surface area contributed by atoms with Gasteiger partial charge in [-0.15, -0.1) is 0 Å². The fourth-order valence-corrected chi connectivity index (χ4v) is 1.55. The Hall–Kier alpha value is -2.20. The Balaban J connectivity index is 2.63. The molecule has 0 amide bonds. The van der Waals surface area contributed by atoms with Gasteiger partial charge in [0.15, 0.2) is 12.4 Å². The van der Waals surface area contributed by atoms with E-state index in [9.17, 15) is 9.59 Å². The Morgan fingerprint density at radius 3 is 2.79 bits per heavy atom. The molecule has 0 aliphatic carbocycles. The molecule has 98 valence electrons. The van der Waals surface area contributed by atoms with Gasteiger partial charge in [-0.25, -0.2) is 4.79 Å². The highest BCUT2D eigenvalue weighted by Gasteiger charge is 2.21. The zero-order valence-corrected chi connectivity index (χ0v) is 11.4. The van der Waals surface area contributed by atoms with Crippen LogP contribution in [-0.2, 0) is 9.53 Å². The normalized spacial score (nSPS) is 11.2. The molecule has 0 saturated carbocycles. The summed E-state index contributed by atoms with van der Waals surface area (Å²) in [5, 5.41) is 8.72. The number of ketones is 1. The first-order valence-electron chi connectivity index (χ1n) is 5.10. The molecule has 2 N–H and O–H groups in total. The number of rotatable bonds is 5. The van der Waals surface area contributed by atoms with Crippen molar-refractivity contribution in [1.29, 1.82) is 5.26 Å². The third-order valence-corrected chi connectivity index (χ3v) is 2.54. The Morgan fingerprint density at radius 2 is 2.26 bits per heavy atom. The van der Waals surface area contributed by atoms with E-state index >= 15 is 0 Å². The molecular weight excluding hydrogens is 314 g/mol. The highest BCUT2D eigenvalue weighted by Crippen LogP contribution is 2.11. The minimum Gasteiger partial charge on any atom is -0.454 e. The van der Waals surface area contributed by atoms with Crippen molar-refractivity contribution < 1.29 is 14.3 Å². The molecule has 1 rings (SSSR count). The van der Waals surface area contributed by atoms with Gasteiger partial charge in [-0.1, -0.05) is 6.58 Å². The minimum atomic E-state index is -1.17. The summed E-state index contributed by atoms with van der Waals surface area (Å²) >= 11 is 3.16. The van der Waals surface area contributed by atoms with E-state index in [0.717, 1.165) is 0 Å². The monoisotopic (exact) mass is 323 g/mol. The van der Waals surface area contributed by atoms with Gasteiger partial charge in [-0.05, 0) is 22.0 Å². The standard InChI is InChI=1S/C12H10BrN3O3/c1-7(15)10(3-14)11(17)6-19-12(18)8-2-9(13)5-16-4-8/h2,4-5,10H,1,6,15H2/t10-/m0/s1. The van der Waals surface area contributed by atoms with Gasteiger partial charge < -0.3 is 10.5 Å². The van der Waals surface area contributed by atoms with Gasteiger partial charge in [0.1, 0.15) is 5.92 Å². The van der Waals surface area contributed by atoms with E-state index in [1.807, 2.05) is 0 Å². The third-order valence-electron chi connectivity index (χ3n) is 2.11. The Morgan fingerprint density at radius 1 is 1.58 bits per heavy atom. The number of carbonyl (C=O) groups excluding carboxylic acids is 2. The molecule has 6 nitrogen and oxygen atoms in total. The minimum absolute atomic E-state index is 0.0762. The SMILES string of the molecule is C=C(N)[C@H](C#N)C(=O)COC(=O)c1cncc(Br)c1. The first-order chi connectivity index (χ1) is 8.95. The Kier molecular flexibility index (Phi) is 5.21. The van der Waals surface area contributed by atoms with Gasteiger partial charge in [-0.3, -0.25) is 9.78 Å². The summed E-state index contributed by atoms with van der Waals surface area (Å²) in [7, 11) is 0. The highest BCUT2D eigenvalue weighted by molar-refractivity contribution is 9.10. The fourth-order valence-electron chi connectivity index (χ4n) is 1.19. The fraction of sp³-hybridized carbons (Fsp3) is 0.167. The quantitative estimate of drug-likeness (QED) is 0.815. The van der Waals surface area contributed by atoms with Gasteiger partial charge in [0.05, 0.1) is 11.6 Å². The van der Waals surface area contributed by atoms with Crippen LogP contribution in [0.15, 0.2) is 35.2 Å². The van der Waals surface area contributed by atoms with E-state index in [-0.39, 0.29) is 11.3 Å². The number of nitrogens with zero attached hydrogens (tertiary/aromatic N) is 2. The number of ether oxygens (including phenoxy) is 1. The summed E-state index contributed by atoms with van der Waals surface area (Å²) in [4.78, 5) is 27.0. The van der Waals surface area contributed by atoms with E-state index in [1.165, 1.54) is 18.5 Å². The van der Waals surface area contributed by atoms with Gasteiger partial charge >= 0.3 is 5.97 Å². The number of nitriles is 1. The smallest absolute Gasteiger partial charge is 0.340 e. The zero-order chi connectivity index (χ0) is 14.4. The van der Waals surface area contributed by atoms with Gasteiger partial charge in [0.2, 0.25) is 0 Å². The second kappa shape index (κ2) is 6.66. The van der Waals surface area contributed by atoms with Crippen LogP contribution in [-0.4, -0.2) is 23.3 Å². The van der Waals surface area contributed by atoms with Gasteiger partial charge in [-0.2, -0.15) is 5.26 Å². The zero-order valence-electron chi connectivity index (χ0n) is 9.80. The Labute approximate surface area is 118 Å². The van der Waals surface area contributed by atoms with E-state index in [4.69, 9.17) is 15.7 Å². The molecule has 19 heavy (non-hydrogen) atoms. The number of aromatic nitrogens is 1. The second-order valence-electron chi connectivity index (χ2n) is 3.57. The third kappa shape index (κ3) is 4.19. The van der Waals surface area contributed by atoms with Crippen LogP contribution < -0.4 is 5.73 Å². The molecule has 0 saturated heterocycles. The molecule has 0 radical (unpaired) electrons. The Bertz CT molecular complexity index is 566. The summed E-state index contributed by atoms with van der Waals surface area (Å²) < 4.78 is 5.39. The predicted octanol–water partition coefficient (Wildman–Crippen LogP) is 1.18. The lowest BCUT2D eigenvalue weighted by Gasteiger charge is -2.08. The van der Waals surface area contributed by atoms with Crippen LogP contribution in [0.3, 0.4) is 0 Å². The summed E-state index contributed by atoms with van der Waals surface area (Å²) in [6.07, 6.45) is 2.81. The number of Topliss-reactive ketones (excluding diaryl/α,β-unsaturated/α-hetero) is 1. The first kappa shape index (κ1) is 14.9. The van der Waals surface area contributed by atoms with E-state index < -0.39 is 24.3 Å². The van der Waals surface area contributed by atoms with Crippen LogP contribution in [0, 0.1) is 17.2 Å². The number of hydrogen-bond donors (Lipinski definition) is 1. The molecule has 1 aromatic heterocycles. The lowest BCUT2D eigenvalue weighted by molar-refractivity contribution is -0.123. The number of hydrogen-bond acceptors (Lipinski definition) is 6. The van der Waals surface area contributed by atoms with Crippen molar-refractivity contribution in [2.24, 2.45) is 11.7 Å². The van der Waals surface area contributed by atoms with Crippen LogP contribution in [0.4, 0.5) is 0 Å². The van der Waals surface area contributed by atoms with Gasteiger partial charge in [0.25, 0.3) is 0 Å². The van der Waals surface area contributed by atoms with Crippen molar-refractivity contribution in [3.05, 3.63) is 40.8 Å². The summed E-state index contributed by atoms with van der Waals surface area (Å²) in [5.41, 5.74) is 5.41. The molecule has 0 spiro atoms. The molecule has 7 heteroatoms. The van der Waals surface area contributed by atoms with Crippen LogP contribution >= 0.6 is 15.9 Å². The molecule has 1 heterocycles. The largest absolute Gasteiger partial charge is 0.454 e. The number of pyridine rings is 1. The maximum absolute atomic E-state index is 11.6. The van der Waals surface area contributed by atoms with Crippen LogP contribution in [0.2, 0.25) is 0 Å². The summed E-state index contributed by atoms with van der Waals surface area (Å²) in [5.74, 6) is -2.50. The molecule has 1 atom stereocenters. The number of nitrogens with two attached hydrogens (primary N) is 1. The molecule has 0 bridgehead atoms. The number of esters is 1. The maximum atomic E-state index is 11.6. The number of halogens is 1. The van der Waals surface area contributed by atoms with Crippen molar-refractivity contribution in [1.82, 2.24) is 4.98 Å². The summed E-state index contributed by atoms with van der Waals surface area (Å²) in [6, 6.07) is 3.19. The first-order valence-corrected chi connectivity index (χ1v) is 5.89. The van der Waals surface area contributed by atoms with E-state index in [1.54, 1.807) is 6.07 Å². The lowest BCUT2D eigenvalue weighted by atomic mass is 10.0. The summed E-state index contributed by atoms with van der Waals surface area (Å²) in [6.45, 7) is 2.78. The molecular formula is C12H10BrN3O3. The van der Waals surface area contributed by atoms with Crippen molar-refractivity contribution in [3.63, 3.8) is 0 Å². The molecule has 0 fully saturated rings. The van der Waals surface area contributed by atoms with Gasteiger partial charge in [0, 0.05) is 22.6 Å². The van der Waals surface area contributed by atoms with Crippen LogP contribution in [0.25, 0.3) is 0 Å². The van der Waals surface area contributed by atoms with E-state index in [2.05, 4.69) is 27.5 Å². The van der Waals surface area contributed by atoms with Crippen molar-refractivity contribution in [2.75, 3.05) is 6.61 Å². The van der Waals surface area contributed by atoms with Crippen molar-refractivity contribution in [2.45, 2.75) is 0 Å². The lowest BCUT2D eigenvalue weighted by Crippen LogP contribution is -2.25. The maximum Gasteiger partial charge on any atom is 0.340 e. The average Bonchev–Trinajstić information content (AvgIpc) is 2.36. The van der Waals surface area contributed by atoms with Crippen LogP contribution in [0.5, 0.6) is 0 Å². The molecule has 1 aromatic rings. The predicted molar refractivity (Wildman–Crippen MR) is 69.7 cm³/mol. The molecule has 0 aromatic carbocycles. The van der Waals surface area contributed by atoms with Crippen molar-refractivity contribution in [3.8, 4) is 6.07 Å². The number of carbonyl (C=O) groups is 2. The highest BCUT2D eigenvalue weighted by atomic mass is 79.9. The topological polar surface area (TPSA) is 106 Å². The van der Waals surface area contributed by atoms with Crippen LogP contribution in [0.1, 0.15) is 10.4 Å². The molecule has 0 aliphatic heterocycles. The molecule has 0 unspecified atom stereocenters. The van der Waals surface area contributed by atoms with E-state index in [0.29, 0.717) is 4.47 Å². The number of allylic oxidation sites excluding steroid dienone is 1.